The first-order valence-corrected chi connectivity index (χ1v) is 18.0. The van der Waals surface area contributed by atoms with Gasteiger partial charge in [0.15, 0.2) is 0 Å². The van der Waals surface area contributed by atoms with Crippen molar-refractivity contribution in [1.82, 2.24) is 15.4 Å². The molecule has 0 bridgehead atoms. The maximum Gasteiger partial charge on any atom is 0.264 e. The van der Waals surface area contributed by atoms with Crippen LogP contribution in [0.15, 0.2) is 102 Å². The van der Waals surface area contributed by atoms with E-state index in [4.69, 9.17) is 5.11 Å². The van der Waals surface area contributed by atoms with Crippen LogP contribution in [0, 0.1) is 5.82 Å². The lowest BCUT2D eigenvalue weighted by Gasteiger charge is -2.29. The van der Waals surface area contributed by atoms with Crippen molar-refractivity contribution in [2.75, 3.05) is 18.1 Å². The van der Waals surface area contributed by atoms with Gasteiger partial charge >= 0.3 is 0 Å². The summed E-state index contributed by atoms with van der Waals surface area (Å²) < 4.78 is 43.2. The largest absolute Gasteiger partial charge is 0.394 e. The molecule has 2 atom stereocenters. The number of hydrogen-bond donors (Lipinski definition) is 5. The minimum Gasteiger partial charge on any atom is -0.394 e. The number of nitrogens with one attached hydrogen (secondary N) is 3. The van der Waals surface area contributed by atoms with E-state index in [1.165, 1.54) is 35.2 Å². The van der Waals surface area contributed by atoms with Crippen molar-refractivity contribution in [3.63, 3.8) is 0 Å². The fourth-order valence-electron chi connectivity index (χ4n) is 5.95. The smallest absolute Gasteiger partial charge is 0.264 e. The lowest BCUT2D eigenvalue weighted by molar-refractivity contribution is -0.128. The third-order valence-corrected chi connectivity index (χ3v) is 10.00. The van der Waals surface area contributed by atoms with E-state index in [1.54, 1.807) is 80.6 Å². The number of aliphatic hydroxyl groups excluding tert-OH is 2. The highest BCUT2D eigenvalue weighted by Crippen LogP contribution is 2.31. The molecule has 0 unspecified atom stereocenters. The number of nitrogens with zero attached hydrogens (tertiary/aromatic N) is 1. The molecule has 1 aliphatic heterocycles. The first kappa shape index (κ1) is 37.3. The van der Waals surface area contributed by atoms with Crippen LogP contribution in [0.4, 0.5) is 10.1 Å². The van der Waals surface area contributed by atoms with E-state index >= 15 is 0 Å². The number of aryl methyl sites for hydroxylation is 1. The SMILES string of the molecule is CC(C)(CC(=O)N[C@@H]1CCc2cc(F)ccc2N(Cc2ccc(-c3ccccc3S(=O)(=O)NC(=O)c3ccccc3)cc2)C1=O)NC[C@H](O)CO. The molecular formula is C38H41FN4O7S. The molecule has 1 aliphatic rings. The number of sulfonamides is 1. The average molecular weight is 717 g/mol. The predicted molar refractivity (Wildman–Crippen MR) is 191 cm³/mol. The van der Waals surface area contributed by atoms with Gasteiger partial charge in [-0.25, -0.2) is 17.5 Å². The average Bonchev–Trinajstić information content (AvgIpc) is 3.23. The number of hydrogen-bond acceptors (Lipinski definition) is 8. The van der Waals surface area contributed by atoms with Gasteiger partial charge in [-0.3, -0.25) is 14.4 Å². The van der Waals surface area contributed by atoms with Gasteiger partial charge in [-0.15, -0.1) is 0 Å². The summed E-state index contributed by atoms with van der Waals surface area (Å²) in [5, 5.41) is 24.7. The predicted octanol–water partition coefficient (Wildman–Crippen LogP) is 3.69. The van der Waals surface area contributed by atoms with Crippen molar-refractivity contribution < 1.29 is 37.4 Å². The summed E-state index contributed by atoms with van der Waals surface area (Å²) in [5.74, 6) is -1.96. The number of carbonyl (C=O) groups excluding carboxylic acids is 3. The Morgan fingerprint density at radius 1 is 0.980 bits per heavy atom. The fourth-order valence-corrected chi connectivity index (χ4v) is 7.15. The molecule has 13 heteroatoms. The summed E-state index contributed by atoms with van der Waals surface area (Å²) in [5.41, 5.74) is 2.22. The standard InChI is InChI=1S/C38H41FN4O7S/c1-38(2,40-22-30(45)24-44)21-35(46)41-32-18-16-28-20-29(39)17-19-33(28)43(37(32)48)23-25-12-14-26(15-13-25)31-10-6-7-11-34(31)51(49,50)42-36(47)27-8-4-3-5-9-27/h3-15,17,19-20,30,32,40,44-45H,16,18,21-24H2,1-2H3,(H,41,46)(H,42,47)/t30-,32+/m0/s1. The van der Waals surface area contributed by atoms with Gasteiger partial charge in [-0.2, -0.15) is 0 Å². The van der Waals surface area contributed by atoms with Gasteiger partial charge in [-0.05, 0) is 79.8 Å². The number of amides is 3. The highest BCUT2D eigenvalue weighted by molar-refractivity contribution is 7.90. The number of benzene rings is 4. The monoisotopic (exact) mass is 716 g/mol. The molecule has 11 nitrogen and oxygen atoms in total. The molecule has 5 rings (SSSR count). The second-order valence-corrected chi connectivity index (χ2v) is 14.8. The number of anilines is 1. The number of aliphatic hydroxyl groups is 2. The van der Waals surface area contributed by atoms with E-state index in [0.717, 1.165) is 0 Å². The lowest BCUT2D eigenvalue weighted by atomic mass is 9.99. The van der Waals surface area contributed by atoms with Crippen LogP contribution in [-0.2, 0) is 32.6 Å². The maximum atomic E-state index is 14.3. The normalized spacial score (nSPS) is 15.4. The third-order valence-electron chi connectivity index (χ3n) is 8.61. The van der Waals surface area contributed by atoms with Crippen LogP contribution in [0.2, 0.25) is 0 Å². The summed E-state index contributed by atoms with van der Waals surface area (Å²) in [6.07, 6.45) is -0.395. The fraction of sp³-hybridized carbons (Fsp3) is 0.289. The number of halogens is 1. The molecule has 0 aliphatic carbocycles. The Balaban J connectivity index is 1.35. The molecule has 0 spiro atoms. The first-order valence-electron chi connectivity index (χ1n) is 16.5. The molecule has 0 aromatic heterocycles. The molecular weight excluding hydrogens is 676 g/mol. The summed E-state index contributed by atoms with van der Waals surface area (Å²) in [6.45, 7) is 3.29. The second-order valence-electron chi connectivity index (χ2n) is 13.1. The van der Waals surface area contributed by atoms with Crippen LogP contribution >= 0.6 is 0 Å². The van der Waals surface area contributed by atoms with Crippen LogP contribution in [0.1, 0.15) is 48.2 Å². The molecule has 51 heavy (non-hydrogen) atoms. The first-order chi connectivity index (χ1) is 24.3. The van der Waals surface area contributed by atoms with Gasteiger partial charge in [0, 0.05) is 35.3 Å². The van der Waals surface area contributed by atoms with Gasteiger partial charge in [0.25, 0.3) is 15.9 Å². The number of fused-ring (bicyclic) bond motifs is 1. The van der Waals surface area contributed by atoms with E-state index in [2.05, 4.69) is 15.4 Å². The van der Waals surface area contributed by atoms with Gasteiger partial charge in [0.05, 0.1) is 24.2 Å². The molecule has 3 amide bonds. The van der Waals surface area contributed by atoms with Crippen LogP contribution in [0.3, 0.4) is 0 Å². The molecule has 0 saturated heterocycles. The second kappa shape index (κ2) is 15.9. The van der Waals surface area contributed by atoms with Crippen LogP contribution < -0.4 is 20.3 Å². The van der Waals surface area contributed by atoms with Crippen LogP contribution in [0.25, 0.3) is 11.1 Å². The Kier molecular flexibility index (Phi) is 11.7. The van der Waals surface area contributed by atoms with Gasteiger partial charge in [0.2, 0.25) is 11.8 Å². The Morgan fingerprint density at radius 2 is 1.67 bits per heavy atom. The highest BCUT2D eigenvalue weighted by atomic mass is 32.2. The Morgan fingerprint density at radius 3 is 2.37 bits per heavy atom. The zero-order valence-corrected chi connectivity index (χ0v) is 29.1. The molecule has 4 aromatic rings. The minimum atomic E-state index is -4.25. The van der Waals surface area contributed by atoms with Gasteiger partial charge in [0.1, 0.15) is 11.9 Å². The van der Waals surface area contributed by atoms with Gasteiger partial charge in [-0.1, -0.05) is 60.7 Å². The van der Waals surface area contributed by atoms with Crippen molar-refractivity contribution in [3.05, 3.63) is 120 Å². The van der Waals surface area contributed by atoms with E-state index < -0.39 is 46.0 Å². The highest BCUT2D eigenvalue weighted by Gasteiger charge is 2.33. The molecule has 0 saturated carbocycles. The number of rotatable bonds is 13. The van der Waals surface area contributed by atoms with E-state index in [1.807, 2.05) is 0 Å². The zero-order valence-electron chi connectivity index (χ0n) is 28.3. The van der Waals surface area contributed by atoms with E-state index in [9.17, 15) is 32.3 Å². The van der Waals surface area contributed by atoms with Crippen LogP contribution in [-0.4, -0.2) is 67.2 Å². The molecule has 0 fully saturated rings. The Hall–Kier alpha value is -4.95. The van der Waals surface area contributed by atoms with E-state index in [-0.39, 0.29) is 48.2 Å². The van der Waals surface area contributed by atoms with E-state index in [0.29, 0.717) is 34.4 Å². The van der Waals surface area contributed by atoms with Crippen molar-refractivity contribution in [3.8, 4) is 11.1 Å². The maximum absolute atomic E-state index is 14.3. The molecule has 5 N–H and O–H groups in total. The number of carbonyl (C=O) groups is 3. The lowest BCUT2D eigenvalue weighted by Crippen LogP contribution is -2.51. The summed E-state index contributed by atoms with van der Waals surface area (Å²) in [4.78, 5) is 41.3. The molecule has 4 aromatic carbocycles. The third kappa shape index (κ3) is 9.44. The van der Waals surface area contributed by atoms with Crippen molar-refractivity contribution in [2.45, 2.75) is 62.2 Å². The molecule has 268 valence electrons. The summed E-state index contributed by atoms with van der Waals surface area (Å²) in [6, 6.07) is 24.6. The topological polar surface area (TPSA) is 165 Å². The zero-order chi connectivity index (χ0) is 36.8. The van der Waals surface area contributed by atoms with Crippen molar-refractivity contribution in [1.29, 1.82) is 0 Å². The molecule has 1 heterocycles. The summed E-state index contributed by atoms with van der Waals surface area (Å²) in [7, 11) is -4.25. The quantitative estimate of drug-likeness (QED) is 0.140. The molecule has 0 radical (unpaired) electrons. The Bertz CT molecular complexity index is 1990. The summed E-state index contributed by atoms with van der Waals surface area (Å²) >= 11 is 0. The van der Waals surface area contributed by atoms with Gasteiger partial charge < -0.3 is 25.7 Å². The Labute approximate surface area is 296 Å². The van der Waals surface area contributed by atoms with Crippen molar-refractivity contribution >= 4 is 33.4 Å². The van der Waals surface area contributed by atoms with Crippen molar-refractivity contribution in [2.24, 2.45) is 0 Å². The number of β-amino-alcohol motifs (C(OH)–C–C–N with tert-alkyl or cyclic N) is 1. The van der Waals surface area contributed by atoms with Crippen LogP contribution in [0.5, 0.6) is 0 Å². The minimum absolute atomic E-state index is 0.00883.